The second kappa shape index (κ2) is 5.94. The van der Waals surface area contributed by atoms with Crippen LogP contribution in [0.4, 0.5) is 9.93 Å². The highest BCUT2D eigenvalue weighted by Gasteiger charge is 2.16. The van der Waals surface area contributed by atoms with Gasteiger partial charge in [-0.1, -0.05) is 23.2 Å². The van der Waals surface area contributed by atoms with E-state index in [2.05, 4.69) is 34.8 Å². The Morgan fingerprint density at radius 3 is 2.94 bits per heavy atom. The number of anilines is 1. The number of hydrogen-bond acceptors (Lipinski definition) is 5. The molecule has 1 rings (SSSR count). The molecule has 0 radical (unpaired) electrons. The average Bonchev–Trinajstić information content (AvgIpc) is 2.59. The van der Waals surface area contributed by atoms with E-state index in [0.29, 0.717) is 10.9 Å². The van der Waals surface area contributed by atoms with Gasteiger partial charge in [-0.15, -0.1) is 0 Å². The molecule has 1 amide bonds. The fourth-order valence-corrected chi connectivity index (χ4v) is 1.66. The first kappa shape index (κ1) is 13.9. The monoisotopic (exact) mass is 270 g/mol. The molecule has 1 N–H and O–H groups in total. The lowest BCUT2D eigenvalue weighted by Gasteiger charge is -2.18. The smallest absolute Gasteiger partial charge is 0.413 e. The fraction of sp³-hybridized carbons (Fsp3) is 0.455. The molecule has 0 atom stereocenters. The number of rotatable bonds is 1. The molecular weight excluding hydrogens is 256 g/mol. The summed E-state index contributed by atoms with van der Waals surface area (Å²) in [6.45, 7) is 5.41. The van der Waals surface area contributed by atoms with Gasteiger partial charge in [0.25, 0.3) is 0 Å². The summed E-state index contributed by atoms with van der Waals surface area (Å²) in [5, 5.41) is 3.03. The van der Waals surface area contributed by atoms with E-state index in [1.165, 1.54) is 11.3 Å². The zero-order chi connectivity index (χ0) is 12.9. The minimum Gasteiger partial charge on any atom is -0.444 e. The Kier molecular flexibility index (Phi) is 4.85. The number of nitrogens with zero attached hydrogens (tertiary/aromatic N) is 1. The second-order valence-corrected chi connectivity index (χ2v) is 5.46. The van der Waals surface area contributed by atoms with Gasteiger partial charge in [0.15, 0.2) is 5.13 Å². The number of ether oxygens (including phenoxy) is 1. The molecule has 92 valence electrons. The third kappa shape index (κ3) is 5.61. The Bertz CT molecular complexity index is 452. The molecule has 6 heteroatoms. The topological polar surface area (TPSA) is 51.2 Å². The number of carbonyl (C=O) groups excluding carboxylic acids is 1. The van der Waals surface area contributed by atoms with E-state index >= 15 is 0 Å². The Labute approximate surface area is 110 Å². The maximum Gasteiger partial charge on any atom is 0.413 e. The number of amides is 1. The van der Waals surface area contributed by atoms with Crippen molar-refractivity contribution < 1.29 is 9.53 Å². The lowest BCUT2D eigenvalue weighted by molar-refractivity contribution is 0.0636. The molecule has 0 aliphatic heterocycles. The minimum atomic E-state index is -0.518. The molecule has 0 fully saturated rings. The van der Waals surface area contributed by atoms with Gasteiger partial charge in [-0.2, -0.15) is 12.6 Å². The van der Waals surface area contributed by atoms with Crippen LogP contribution in [-0.2, 0) is 4.74 Å². The number of aromatic nitrogens is 1. The van der Waals surface area contributed by atoms with Crippen molar-refractivity contribution in [3.63, 3.8) is 0 Å². The molecule has 4 nitrogen and oxygen atoms in total. The van der Waals surface area contributed by atoms with Crippen LogP contribution in [0, 0.1) is 11.8 Å². The summed E-state index contributed by atoms with van der Waals surface area (Å²) in [7, 11) is 0. The molecule has 0 spiro atoms. The zero-order valence-electron chi connectivity index (χ0n) is 9.90. The van der Waals surface area contributed by atoms with E-state index in [0.717, 1.165) is 4.88 Å². The first-order chi connectivity index (χ1) is 7.90. The third-order valence-electron chi connectivity index (χ3n) is 1.40. The number of hydrogen-bond donors (Lipinski definition) is 2. The van der Waals surface area contributed by atoms with Crippen LogP contribution in [0.5, 0.6) is 0 Å². The number of carbonyl (C=O) groups is 1. The molecule has 0 aromatic carbocycles. The average molecular weight is 270 g/mol. The summed E-state index contributed by atoms with van der Waals surface area (Å²) >= 11 is 5.28. The van der Waals surface area contributed by atoms with Crippen LogP contribution in [0.2, 0.25) is 0 Å². The van der Waals surface area contributed by atoms with Gasteiger partial charge >= 0.3 is 6.09 Å². The normalized spacial score (nSPS) is 10.4. The Hall–Kier alpha value is -1.19. The molecule has 0 unspecified atom stereocenters. The summed E-state index contributed by atoms with van der Waals surface area (Å²) in [4.78, 5) is 16.2. The van der Waals surface area contributed by atoms with E-state index in [1.54, 1.807) is 27.0 Å². The number of thiol groups is 1. The maximum atomic E-state index is 11.4. The van der Waals surface area contributed by atoms with E-state index in [1.807, 2.05) is 0 Å². The second-order valence-electron chi connectivity index (χ2n) is 4.12. The van der Waals surface area contributed by atoms with E-state index in [9.17, 15) is 4.79 Å². The molecular formula is C11H14N2O2S2. The van der Waals surface area contributed by atoms with Crippen molar-refractivity contribution in [2.45, 2.75) is 26.4 Å². The van der Waals surface area contributed by atoms with Crippen molar-refractivity contribution in [3.05, 3.63) is 11.1 Å². The SMILES string of the molecule is CC(C)(C)OC(=O)Nc1ncc(C#CCS)s1. The molecule has 17 heavy (non-hydrogen) atoms. The van der Waals surface area contributed by atoms with Crippen LogP contribution in [0.1, 0.15) is 25.6 Å². The molecule has 0 saturated carbocycles. The predicted octanol–water partition coefficient (Wildman–Crippen LogP) is 2.77. The summed E-state index contributed by atoms with van der Waals surface area (Å²) in [6.07, 6.45) is 1.09. The third-order valence-corrected chi connectivity index (χ3v) is 2.39. The standard InChI is InChI=1S/C11H14N2O2S2/c1-11(2,3)15-10(14)13-9-12-7-8(17-9)5-4-6-16/h7,16H,6H2,1-3H3,(H,12,13,14). The summed E-state index contributed by atoms with van der Waals surface area (Å²) in [5.74, 6) is 6.18. The van der Waals surface area contributed by atoms with Crippen LogP contribution in [0.15, 0.2) is 6.20 Å². The van der Waals surface area contributed by atoms with Crippen LogP contribution in [-0.4, -0.2) is 22.4 Å². The van der Waals surface area contributed by atoms with Crippen LogP contribution in [0.3, 0.4) is 0 Å². The van der Waals surface area contributed by atoms with Crippen molar-refractivity contribution >= 4 is 35.2 Å². The van der Waals surface area contributed by atoms with Gasteiger partial charge in [0.2, 0.25) is 0 Å². The van der Waals surface area contributed by atoms with Crippen molar-refractivity contribution in [2.24, 2.45) is 0 Å². The highest BCUT2D eigenvalue weighted by atomic mass is 32.1. The van der Waals surface area contributed by atoms with Crippen LogP contribution < -0.4 is 5.32 Å². The molecule has 0 aliphatic rings. The Morgan fingerprint density at radius 1 is 1.65 bits per heavy atom. The fourth-order valence-electron chi connectivity index (χ4n) is 0.907. The minimum absolute atomic E-state index is 0.475. The molecule has 0 aliphatic carbocycles. The van der Waals surface area contributed by atoms with Crippen molar-refractivity contribution in [1.82, 2.24) is 4.98 Å². The van der Waals surface area contributed by atoms with E-state index in [4.69, 9.17) is 4.74 Å². The zero-order valence-corrected chi connectivity index (χ0v) is 11.6. The van der Waals surface area contributed by atoms with Gasteiger partial charge in [0, 0.05) is 0 Å². The lowest BCUT2D eigenvalue weighted by Crippen LogP contribution is -2.27. The Balaban J connectivity index is 2.58. The first-order valence-corrected chi connectivity index (χ1v) is 6.41. The van der Waals surface area contributed by atoms with Crippen molar-refractivity contribution in [2.75, 3.05) is 11.1 Å². The summed E-state index contributed by atoms with van der Waals surface area (Å²) in [6, 6.07) is 0. The maximum absolute atomic E-state index is 11.4. The van der Waals surface area contributed by atoms with Crippen molar-refractivity contribution in [3.8, 4) is 11.8 Å². The highest BCUT2D eigenvalue weighted by Crippen LogP contribution is 2.18. The van der Waals surface area contributed by atoms with E-state index in [-0.39, 0.29) is 0 Å². The lowest BCUT2D eigenvalue weighted by atomic mass is 10.2. The largest absolute Gasteiger partial charge is 0.444 e. The first-order valence-electron chi connectivity index (χ1n) is 4.96. The van der Waals surface area contributed by atoms with Gasteiger partial charge in [0.1, 0.15) is 5.60 Å². The van der Waals surface area contributed by atoms with Crippen molar-refractivity contribution in [1.29, 1.82) is 0 Å². The quantitative estimate of drug-likeness (QED) is 0.609. The predicted molar refractivity (Wildman–Crippen MR) is 72.7 cm³/mol. The van der Waals surface area contributed by atoms with Gasteiger partial charge in [-0.25, -0.2) is 9.78 Å². The molecule has 1 aromatic rings. The number of nitrogens with one attached hydrogen (secondary N) is 1. The number of thiazole rings is 1. The van der Waals surface area contributed by atoms with Gasteiger partial charge in [-0.3, -0.25) is 5.32 Å². The van der Waals surface area contributed by atoms with Crippen LogP contribution in [0.25, 0.3) is 0 Å². The van der Waals surface area contributed by atoms with E-state index < -0.39 is 11.7 Å². The summed E-state index contributed by atoms with van der Waals surface area (Å²) < 4.78 is 5.10. The Morgan fingerprint density at radius 2 is 2.35 bits per heavy atom. The van der Waals surface area contributed by atoms with Gasteiger partial charge in [0.05, 0.1) is 16.8 Å². The van der Waals surface area contributed by atoms with Gasteiger partial charge < -0.3 is 4.74 Å². The van der Waals surface area contributed by atoms with Gasteiger partial charge in [-0.05, 0) is 20.8 Å². The highest BCUT2D eigenvalue weighted by molar-refractivity contribution is 7.80. The summed E-state index contributed by atoms with van der Waals surface area (Å²) in [5.41, 5.74) is -0.518. The molecule has 0 bridgehead atoms. The molecule has 0 saturated heterocycles. The molecule has 1 aromatic heterocycles. The molecule has 1 heterocycles. The van der Waals surface area contributed by atoms with Crippen LogP contribution >= 0.6 is 24.0 Å².